The minimum Gasteiger partial charge on any atom is -0.465 e. The quantitative estimate of drug-likeness (QED) is 0.568. The SMILES string of the molecule is COC(=O)c1ccc(N)cc1S(=O)(=O)Nc1cc(C)[nH]n1. The van der Waals surface area contributed by atoms with Crippen LogP contribution in [0, 0.1) is 6.92 Å². The molecule has 0 spiro atoms. The van der Waals surface area contributed by atoms with E-state index in [0.717, 1.165) is 0 Å². The van der Waals surface area contributed by atoms with Gasteiger partial charge in [-0.15, -0.1) is 0 Å². The van der Waals surface area contributed by atoms with Crippen molar-refractivity contribution in [2.24, 2.45) is 0 Å². The largest absolute Gasteiger partial charge is 0.465 e. The third-order valence-electron chi connectivity index (χ3n) is 2.65. The van der Waals surface area contributed by atoms with Crippen molar-refractivity contribution >= 4 is 27.5 Å². The van der Waals surface area contributed by atoms with Crippen LogP contribution < -0.4 is 10.5 Å². The number of ether oxygens (including phenoxy) is 1. The van der Waals surface area contributed by atoms with Crippen LogP contribution in [0.5, 0.6) is 0 Å². The fraction of sp³-hybridized carbons (Fsp3) is 0.167. The van der Waals surface area contributed by atoms with Gasteiger partial charge in [0.1, 0.15) is 4.90 Å². The molecule has 112 valence electrons. The standard InChI is InChI=1S/C12H14N4O4S/c1-7-5-11(15-14-7)16-21(18,19)10-6-8(13)3-4-9(10)12(17)20-2/h3-6H,13H2,1-2H3,(H2,14,15,16). The lowest BCUT2D eigenvalue weighted by Gasteiger charge is -2.10. The summed E-state index contributed by atoms with van der Waals surface area (Å²) >= 11 is 0. The summed E-state index contributed by atoms with van der Waals surface area (Å²) in [5.41, 5.74) is 6.39. The second-order valence-electron chi connectivity index (χ2n) is 4.29. The number of nitrogens with zero attached hydrogens (tertiary/aromatic N) is 1. The van der Waals surface area contributed by atoms with Gasteiger partial charge in [-0.2, -0.15) is 5.10 Å². The minimum absolute atomic E-state index is 0.105. The van der Waals surface area contributed by atoms with Gasteiger partial charge in [-0.05, 0) is 25.1 Å². The van der Waals surface area contributed by atoms with Gasteiger partial charge in [-0.25, -0.2) is 13.2 Å². The molecule has 0 saturated heterocycles. The number of rotatable bonds is 4. The summed E-state index contributed by atoms with van der Waals surface area (Å²) in [6, 6.07) is 5.42. The summed E-state index contributed by atoms with van der Waals surface area (Å²) in [4.78, 5) is 11.4. The number of aryl methyl sites for hydroxylation is 1. The van der Waals surface area contributed by atoms with Crippen molar-refractivity contribution in [2.75, 3.05) is 17.6 Å². The number of nitrogens with two attached hydrogens (primary N) is 1. The molecule has 4 N–H and O–H groups in total. The predicted octanol–water partition coefficient (Wildman–Crippen LogP) is 0.888. The normalized spacial score (nSPS) is 11.1. The van der Waals surface area contributed by atoms with Crippen LogP contribution in [0.15, 0.2) is 29.2 Å². The van der Waals surface area contributed by atoms with Crippen LogP contribution in [0.4, 0.5) is 11.5 Å². The highest BCUT2D eigenvalue weighted by atomic mass is 32.2. The lowest BCUT2D eigenvalue weighted by Crippen LogP contribution is -2.18. The van der Waals surface area contributed by atoms with Crippen molar-refractivity contribution in [1.29, 1.82) is 0 Å². The predicted molar refractivity (Wildman–Crippen MR) is 76.3 cm³/mol. The Kier molecular flexibility index (Phi) is 3.85. The van der Waals surface area contributed by atoms with E-state index < -0.39 is 16.0 Å². The number of carbonyl (C=O) groups excluding carboxylic acids is 1. The lowest BCUT2D eigenvalue weighted by molar-refractivity contribution is 0.0596. The van der Waals surface area contributed by atoms with Gasteiger partial charge in [0.2, 0.25) is 0 Å². The fourth-order valence-electron chi connectivity index (χ4n) is 1.70. The van der Waals surface area contributed by atoms with E-state index in [0.29, 0.717) is 5.69 Å². The zero-order valence-electron chi connectivity index (χ0n) is 11.4. The molecule has 0 fully saturated rings. The highest BCUT2D eigenvalue weighted by molar-refractivity contribution is 7.92. The summed E-state index contributed by atoms with van der Waals surface area (Å²) in [7, 11) is -2.86. The van der Waals surface area contributed by atoms with E-state index in [1.165, 1.54) is 31.4 Å². The van der Waals surface area contributed by atoms with Crippen LogP contribution in [-0.2, 0) is 14.8 Å². The molecule has 21 heavy (non-hydrogen) atoms. The molecular weight excluding hydrogens is 296 g/mol. The fourth-order valence-corrected chi connectivity index (χ4v) is 2.92. The number of H-pyrrole nitrogens is 1. The number of aromatic nitrogens is 2. The van der Waals surface area contributed by atoms with Crippen molar-refractivity contribution in [3.8, 4) is 0 Å². The zero-order valence-corrected chi connectivity index (χ0v) is 12.2. The highest BCUT2D eigenvalue weighted by Gasteiger charge is 2.24. The number of anilines is 2. The summed E-state index contributed by atoms with van der Waals surface area (Å²) in [5.74, 6) is -0.653. The summed E-state index contributed by atoms with van der Waals surface area (Å²) < 4.78 is 31.6. The Morgan fingerprint density at radius 2 is 2.10 bits per heavy atom. The molecule has 1 heterocycles. The third kappa shape index (κ3) is 3.14. The number of esters is 1. The van der Waals surface area contributed by atoms with Gasteiger partial charge < -0.3 is 10.5 Å². The van der Waals surface area contributed by atoms with E-state index in [1.807, 2.05) is 0 Å². The van der Waals surface area contributed by atoms with Crippen LogP contribution in [0.2, 0.25) is 0 Å². The van der Waals surface area contributed by atoms with Gasteiger partial charge in [-0.1, -0.05) is 0 Å². The van der Waals surface area contributed by atoms with Gasteiger partial charge in [0, 0.05) is 17.4 Å². The molecule has 0 unspecified atom stereocenters. The molecule has 9 heteroatoms. The molecular formula is C12H14N4O4S. The van der Waals surface area contributed by atoms with E-state index in [4.69, 9.17) is 5.73 Å². The molecule has 2 rings (SSSR count). The van der Waals surface area contributed by atoms with E-state index in [9.17, 15) is 13.2 Å². The third-order valence-corrected chi connectivity index (χ3v) is 4.04. The first-order chi connectivity index (χ1) is 9.83. The topological polar surface area (TPSA) is 127 Å². The summed E-state index contributed by atoms with van der Waals surface area (Å²) in [5, 5.41) is 6.39. The van der Waals surface area contributed by atoms with Gasteiger partial charge in [-0.3, -0.25) is 9.82 Å². The van der Waals surface area contributed by atoms with Crippen LogP contribution in [-0.4, -0.2) is 31.7 Å². The van der Waals surface area contributed by atoms with Gasteiger partial charge in [0.05, 0.1) is 12.7 Å². The maximum Gasteiger partial charge on any atom is 0.339 e. The second-order valence-corrected chi connectivity index (χ2v) is 5.94. The number of methoxy groups -OCH3 is 1. The number of nitrogens with one attached hydrogen (secondary N) is 2. The molecule has 0 atom stereocenters. The number of hydrogen-bond acceptors (Lipinski definition) is 6. The van der Waals surface area contributed by atoms with Crippen LogP contribution >= 0.6 is 0 Å². The van der Waals surface area contributed by atoms with Crippen LogP contribution in [0.25, 0.3) is 0 Å². The van der Waals surface area contributed by atoms with Crippen molar-refractivity contribution in [1.82, 2.24) is 10.2 Å². The number of hydrogen-bond donors (Lipinski definition) is 3. The molecule has 0 aliphatic carbocycles. The monoisotopic (exact) mass is 310 g/mol. The molecule has 0 aliphatic rings. The second kappa shape index (κ2) is 5.44. The molecule has 2 aromatic rings. The average Bonchev–Trinajstić information content (AvgIpc) is 2.82. The van der Waals surface area contributed by atoms with Gasteiger partial charge in [0.15, 0.2) is 5.82 Å². The minimum atomic E-state index is -4.02. The van der Waals surface area contributed by atoms with Crippen LogP contribution in [0.3, 0.4) is 0 Å². The van der Waals surface area contributed by atoms with Gasteiger partial charge in [0.25, 0.3) is 10.0 Å². The Balaban J connectivity index is 2.48. The zero-order chi connectivity index (χ0) is 15.6. The Morgan fingerprint density at radius 3 is 2.67 bits per heavy atom. The molecule has 0 radical (unpaired) electrons. The van der Waals surface area contributed by atoms with Crippen LogP contribution in [0.1, 0.15) is 16.1 Å². The summed E-state index contributed by atoms with van der Waals surface area (Å²) in [6.45, 7) is 1.73. The Morgan fingerprint density at radius 1 is 1.38 bits per heavy atom. The highest BCUT2D eigenvalue weighted by Crippen LogP contribution is 2.22. The molecule has 0 bridgehead atoms. The van der Waals surface area contributed by atoms with E-state index in [1.54, 1.807) is 6.92 Å². The Labute approximate surface area is 121 Å². The van der Waals surface area contributed by atoms with Gasteiger partial charge >= 0.3 is 5.97 Å². The maximum atomic E-state index is 12.4. The number of sulfonamides is 1. The van der Waals surface area contributed by atoms with Crippen molar-refractivity contribution in [2.45, 2.75) is 11.8 Å². The van der Waals surface area contributed by atoms with E-state index in [2.05, 4.69) is 19.7 Å². The molecule has 0 amide bonds. The molecule has 0 aliphatic heterocycles. The first-order valence-electron chi connectivity index (χ1n) is 5.86. The molecule has 1 aromatic heterocycles. The lowest BCUT2D eigenvalue weighted by atomic mass is 10.2. The molecule has 8 nitrogen and oxygen atoms in total. The maximum absolute atomic E-state index is 12.4. The van der Waals surface area contributed by atoms with Crippen molar-refractivity contribution < 1.29 is 17.9 Å². The number of aromatic amines is 1. The molecule has 0 saturated carbocycles. The van der Waals surface area contributed by atoms with Crippen molar-refractivity contribution in [3.05, 3.63) is 35.5 Å². The van der Waals surface area contributed by atoms with E-state index >= 15 is 0 Å². The summed E-state index contributed by atoms with van der Waals surface area (Å²) in [6.07, 6.45) is 0. The molecule has 1 aromatic carbocycles. The number of benzene rings is 1. The average molecular weight is 310 g/mol. The Hall–Kier alpha value is -2.55. The van der Waals surface area contributed by atoms with E-state index in [-0.39, 0.29) is 22.0 Å². The number of nitrogen functional groups attached to an aromatic ring is 1. The first-order valence-corrected chi connectivity index (χ1v) is 7.34. The Bertz CT molecular complexity index is 782. The van der Waals surface area contributed by atoms with Crippen molar-refractivity contribution in [3.63, 3.8) is 0 Å². The first kappa shape index (κ1) is 14.9. The smallest absolute Gasteiger partial charge is 0.339 e. The number of carbonyl (C=O) groups is 1.